The van der Waals surface area contributed by atoms with E-state index in [0.717, 1.165) is 0 Å². The topological polar surface area (TPSA) is 41.1 Å². The zero-order chi connectivity index (χ0) is 9.28. The number of carbonyl (C=O) groups excluding carboxylic acids is 1. The molecule has 0 heterocycles. The number of Topliss-reactive ketones (excluding diaryl/α,β-unsaturated/α-hetero) is 1. The van der Waals surface area contributed by atoms with E-state index in [1.165, 1.54) is 0 Å². The Bertz CT molecular complexity index is 101. The number of likely N-dealkylation sites (N-methyl/N-ethyl adjacent to an activating group) is 2. The van der Waals surface area contributed by atoms with E-state index in [-0.39, 0.29) is 11.8 Å². The molecule has 1 unspecified atom stereocenters. The van der Waals surface area contributed by atoms with Crippen molar-refractivity contribution in [3.63, 3.8) is 0 Å². The Kier molecular flexibility index (Phi) is 14.6. The van der Waals surface area contributed by atoms with E-state index in [1.807, 2.05) is 7.05 Å². The van der Waals surface area contributed by atoms with Crippen LogP contribution in [-0.4, -0.2) is 32.5 Å². The van der Waals surface area contributed by atoms with Crippen molar-refractivity contribution in [2.24, 2.45) is 0 Å². The fraction of sp³-hybridized carbons (Fsp3) is 0.833. The second kappa shape index (κ2) is 11.1. The number of hydrogen-bond acceptors (Lipinski definition) is 3. The van der Waals surface area contributed by atoms with Crippen LogP contribution in [-0.2, 0) is 4.79 Å². The van der Waals surface area contributed by atoms with Gasteiger partial charge in [-0.2, -0.15) is 0 Å². The molecule has 0 aromatic carbocycles. The SMILES string of the molecule is CNCC(NC)C(C)=O.II. The molecule has 11 heavy (non-hydrogen) atoms. The first kappa shape index (κ1) is 14.6. The van der Waals surface area contributed by atoms with Crippen molar-refractivity contribution in [1.82, 2.24) is 10.6 Å². The molecule has 0 rings (SSSR count). The number of halogens is 2. The van der Waals surface area contributed by atoms with Gasteiger partial charge in [0.15, 0.2) is 0 Å². The quantitative estimate of drug-likeness (QED) is 0.716. The summed E-state index contributed by atoms with van der Waals surface area (Å²) >= 11 is 4.24. The van der Waals surface area contributed by atoms with Crippen LogP contribution in [0.1, 0.15) is 6.92 Å². The first-order valence-corrected chi connectivity index (χ1v) is 9.47. The lowest BCUT2D eigenvalue weighted by atomic mass is 10.2. The van der Waals surface area contributed by atoms with Gasteiger partial charge in [-0.05, 0) is 21.0 Å². The average Bonchev–Trinajstić information content (AvgIpc) is 2.03. The summed E-state index contributed by atoms with van der Waals surface area (Å²) < 4.78 is 0. The van der Waals surface area contributed by atoms with Gasteiger partial charge in [0.25, 0.3) is 0 Å². The van der Waals surface area contributed by atoms with Gasteiger partial charge in [-0.3, -0.25) is 4.79 Å². The second-order valence-corrected chi connectivity index (χ2v) is 2.01. The van der Waals surface area contributed by atoms with Gasteiger partial charge in [0.2, 0.25) is 0 Å². The highest BCUT2D eigenvalue weighted by Gasteiger charge is 2.07. The number of carbonyl (C=O) groups is 1. The Hall–Kier alpha value is 1.05. The summed E-state index contributed by atoms with van der Waals surface area (Å²) in [7, 11) is 3.61. The number of hydrogen-bond donors (Lipinski definition) is 2. The Labute approximate surface area is 91.4 Å². The van der Waals surface area contributed by atoms with Crippen LogP contribution < -0.4 is 10.6 Å². The van der Waals surface area contributed by atoms with Crippen molar-refractivity contribution < 1.29 is 4.79 Å². The van der Waals surface area contributed by atoms with E-state index in [9.17, 15) is 4.79 Å². The van der Waals surface area contributed by atoms with Gasteiger partial charge in [0, 0.05) is 43.8 Å². The number of nitrogens with one attached hydrogen (secondary N) is 2. The molecule has 0 amide bonds. The maximum Gasteiger partial charge on any atom is 0.147 e. The lowest BCUT2D eigenvalue weighted by Crippen LogP contribution is -2.40. The maximum atomic E-state index is 10.7. The molecule has 0 aromatic rings. The fourth-order valence-corrected chi connectivity index (χ4v) is 0.653. The largest absolute Gasteiger partial charge is 0.318 e. The van der Waals surface area contributed by atoms with Crippen molar-refractivity contribution in [2.45, 2.75) is 13.0 Å². The maximum absolute atomic E-state index is 10.7. The number of rotatable bonds is 4. The minimum absolute atomic E-state index is 0.0324. The molecular formula is C6H14I2N2O. The third kappa shape index (κ3) is 8.96. The van der Waals surface area contributed by atoms with Gasteiger partial charge in [-0.25, -0.2) is 0 Å². The van der Waals surface area contributed by atoms with Gasteiger partial charge < -0.3 is 10.6 Å². The third-order valence-electron chi connectivity index (χ3n) is 1.25. The van der Waals surface area contributed by atoms with Crippen LogP contribution in [0, 0.1) is 0 Å². The Morgan fingerprint density at radius 1 is 1.45 bits per heavy atom. The highest BCUT2D eigenvalue weighted by Crippen LogP contribution is 1.89. The predicted octanol–water partition coefficient (Wildman–Crippen LogP) is 1.15. The summed E-state index contributed by atoms with van der Waals surface area (Å²) in [5.41, 5.74) is 0. The van der Waals surface area contributed by atoms with Crippen LogP contribution in [0.2, 0.25) is 0 Å². The minimum atomic E-state index is -0.0324. The summed E-state index contributed by atoms with van der Waals surface area (Å²) in [6.07, 6.45) is 0. The standard InChI is InChI=1S/C6H14N2O.I2/c1-5(9)6(8-3)4-7-2;1-2/h6-8H,4H2,1-3H3;. The van der Waals surface area contributed by atoms with E-state index >= 15 is 0 Å². The van der Waals surface area contributed by atoms with Crippen LogP contribution in [0.5, 0.6) is 0 Å². The van der Waals surface area contributed by atoms with Gasteiger partial charge in [-0.15, -0.1) is 0 Å². The van der Waals surface area contributed by atoms with Crippen molar-refractivity contribution in [1.29, 1.82) is 0 Å². The Morgan fingerprint density at radius 2 is 1.91 bits per heavy atom. The van der Waals surface area contributed by atoms with E-state index in [0.29, 0.717) is 6.54 Å². The molecule has 0 aromatic heterocycles. The molecule has 0 aliphatic rings. The fourth-order valence-electron chi connectivity index (χ4n) is 0.653. The van der Waals surface area contributed by atoms with Gasteiger partial charge in [-0.1, -0.05) is 0 Å². The summed E-state index contributed by atoms with van der Waals surface area (Å²) in [5.74, 6) is 0.173. The van der Waals surface area contributed by atoms with E-state index in [4.69, 9.17) is 0 Å². The van der Waals surface area contributed by atoms with Crippen LogP contribution in [0.4, 0.5) is 0 Å². The van der Waals surface area contributed by atoms with Gasteiger partial charge in [0.05, 0.1) is 6.04 Å². The third-order valence-corrected chi connectivity index (χ3v) is 1.25. The van der Waals surface area contributed by atoms with Crippen LogP contribution in [0.15, 0.2) is 0 Å². The summed E-state index contributed by atoms with van der Waals surface area (Å²) in [6, 6.07) is -0.0324. The van der Waals surface area contributed by atoms with Crippen molar-refractivity contribution >= 4 is 43.0 Å². The Morgan fingerprint density at radius 3 is 2.00 bits per heavy atom. The normalized spacial score (nSPS) is 11.4. The van der Waals surface area contributed by atoms with E-state index < -0.39 is 0 Å². The van der Waals surface area contributed by atoms with Crippen molar-refractivity contribution in [3.8, 4) is 0 Å². The average molecular weight is 384 g/mol. The van der Waals surface area contributed by atoms with Crippen molar-refractivity contribution in [3.05, 3.63) is 0 Å². The van der Waals surface area contributed by atoms with Crippen LogP contribution in [0.25, 0.3) is 0 Å². The lowest BCUT2D eigenvalue weighted by Gasteiger charge is -2.10. The van der Waals surface area contributed by atoms with E-state index in [2.05, 4.69) is 47.9 Å². The molecule has 0 aliphatic heterocycles. The lowest BCUT2D eigenvalue weighted by molar-refractivity contribution is -0.118. The highest BCUT2D eigenvalue weighted by atomic mass is 128. The molecule has 0 fully saturated rings. The van der Waals surface area contributed by atoms with E-state index in [1.54, 1.807) is 14.0 Å². The first-order chi connectivity index (χ1) is 5.22. The molecule has 0 spiro atoms. The first-order valence-electron chi connectivity index (χ1n) is 3.19. The van der Waals surface area contributed by atoms with Gasteiger partial charge in [0.1, 0.15) is 5.78 Å². The highest BCUT2D eigenvalue weighted by molar-refractivity contribution is 15.0. The van der Waals surface area contributed by atoms with Crippen LogP contribution >= 0.6 is 37.2 Å². The zero-order valence-corrected chi connectivity index (χ0v) is 11.3. The zero-order valence-electron chi connectivity index (χ0n) is 6.95. The minimum Gasteiger partial charge on any atom is -0.318 e. The molecule has 0 bridgehead atoms. The molecule has 0 saturated carbocycles. The summed E-state index contributed by atoms with van der Waals surface area (Å²) in [4.78, 5) is 10.7. The smallest absolute Gasteiger partial charge is 0.147 e. The molecule has 2 N–H and O–H groups in total. The molecule has 0 radical (unpaired) electrons. The van der Waals surface area contributed by atoms with Crippen LogP contribution in [0.3, 0.4) is 0 Å². The molecular weight excluding hydrogens is 370 g/mol. The molecule has 0 aliphatic carbocycles. The monoisotopic (exact) mass is 384 g/mol. The van der Waals surface area contributed by atoms with Crippen molar-refractivity contribution in [2.75, 3.05) is 20.6 Å². The molecule has 0 saturated heterocycles. The molecule has 68 valence electrons. The second-order valence-electron chi connectivity index (χ2n) is 2.01. The molecule has 1 atom stereocenters. The number of ketones is 1. The van der Waals surface area contributed by atoms with Gasteiger partial charge >= 0.3 is 0 Å². The Balaban J connectivity index is 0. The summed E-state index contributed by atoms with van der Waals surface area (Å²) in [5, 5.41) is 5.81. The molecule has 5 heteroatoms. The predicted molar refractivity (Wildman–Crippen MR) is 65.5 cm³/mol. The summed E-state index contributed by atoms with van der Waals surface area (Å²) in [6.45, 7) is 2.28. The molecule has 3 nitrogen and oxygen atoms in total.